The predicted molar refractivity (Wildman–Crippen MR) is 80.9 cm³/mol. The summed E-state index contributed by atoms with van der Waals surface area (Å²) >= 11 is 0.593. The Bertz CT molecular complexity index is 868. The van der Waals surface area contributed by atoms with E-state index in [-0.39, 0.29) is 5.56 Å². The molecule has 7 heteroatoms. The Morgan fingerprint density at radius 1 is 1.09 bits per heavy atom. The number of halogens is 2. The SMILES string of the molecule is Fc1cc(C2OCCO2)cc(F)c1-c1ccc2c(c1)nc[n]2[Tl]. The van der Waals surface area contributed by atoms with Gasteiger partial charge in [0.2, 0.25) is 0 Å². The second-order valence-electron chi connectivity index (χ2n) is 5.29. The molecular formula is C16H11F2N2O2Tl. The van der Waals surface area contributed by atoms with Crippen LogP contribution in [0.4, 0.5) is 8.78 Å². The Kier molecular flexibility index (Phi) is 3.90. The average Bonchev–Trinajstić information content (AvgIpc) is 3.17. The summed E-state index contributed by atoms with van der Waals surface area (Å²) < 4.78 is 41.6. The molecule has 23 heavy (non-hydrogen) atoms. The van der Waals surface area contributed by atoms with Crippen LogP contribution in [0.2, 0.25) is 0 Å². The first kappa shape index (κ1) is 15.2. The van der Waals surface area contributed by atoms with E-state index in [4.69, 9.17) is 9.47 Å². The minimum atomic E-state index is -0.697. The van der Waals surface area contributed by atoms with Gasteiger partial charge in [0.1, 0.15) is 0 Å². The zero-order valence-corrected chi connectivity index (χ0v) is 16.5. The molecule has 1 aliphatic rings. The molecule has 1 saturated heterocycles. The van der Waals surface area contributed by atoms with Crippen molar-refractivity contribution in [3.63, 3.8) is 0 Å². The maximum absolute atomic E-state index is 14.5. The van der Waals surface area contributed by atoms with Gasteiger partial charge in [-0.15, -0.1) is 0 Å². The molecule has 2 heterocycles. The van der Waals surface area contributed by atoms with Gasteiger partial charge in [0.05, 0.1) is 0 Å². The van der Waals surface area contributed by atoms with Crippen LogP contribution in [0.5, 0.6) is 0 Å². The van der Waals surface area contributed by atoms with Gasteiger partial charge in [-0.25, -0.2) is 0 Å². The van der Waals surface area contributed by atoms with Gasteiger partial charge in [-0.2, -0.15) is 0 Å². The minimum absolute atomic E-state index is 0.0565. The number of rotatable bonds is 2. The molecule has 0 amide bonds. The van der Waals surface area contributed by atoms with Gasteiger partial charge >= 0.3 is 147 Å². The monoisotopic (exact) mass is 506 g/mol. The molecule has 4 nitrogen and oxygen atoms in total. The van der Waals surface area contributed by atoms with Gasteiger partial charge in [0, 0.05) is 0 Å². The third kappa shape index (κ3) is 2.68. The summed E-state index contributed by atoms with van der Waals surface area (Å²) in [5.74, 6) is -1.27. The van der Waals surface area contributed by atoms with Gasteiger partial charge in [-0.3, -0.25) is 0 Å². The Hall–Kier alpha value is -1.39. The van der Waals surface area contributed by atoms with Crippen molar-refractivity contribution in [2.75, 3.05) is 13.2 Å². The standard InChI is InChI=1S/C16H11F2N2O2.Tl/c17-11-5-10(16-21-3-4-22-16)6-12(18)15(11)9-1-2-13-14(7-9)20-8-19-13;/h1-2,5-8,16H,3-4H2;/q-1;+1. The first-order valence-corrected chi connectivity index (χ1v) is 9.09. The summed E-state index contributed by atoms with van der Waals surface area (Å²) in [5, 5.41) is 0. The summed E-state index contributed by atoms with van der Waals surface area (Å²) in [7, 11) is 0. The molecule has 0 saturated carbocycles. The van der Waals surface area contributed by atoms with Gasteiger partial charge in [-0.1, -0.05) is 0 Å². The first-order valence-electron chi connectivity index (χ1n) is 7.08. The molecule has 0 aliphatic carbocycles. The summed E-state index contributed by atoms with van der Waals surface area (Å²) in [6.07, 6.45) is 1.04. The third-order valence-electron chi connectivity index (χ3n) is 3.82. The fourth-order valence-electron chi connectivity index (χ4n) is 2.74. The number of benzene rings is 2. The molecule has 0 N–H and O–H groups in total. The number of hydrogen-bond acceptors (Lipinski definition) is 3. The Balaban J connectivity index is 1.80. The van der Waals surface area contributed by atoms with Gasteiger partial charge in [-0.05, 0) is 0 Å². The quantitative estimate of drug-likeness (QED) is 0.503. The molecular weight excluding hydrogens is 495 g/mol. The number of hydrogen-bond donors (Lipinski definition) is 0. The molecule has 0 unspecified atom stereocenters. The number of imidazole rings is 1. The molecule has 0 spiro atoms. The molecule has 4 rings (SSSR count). The number of ether oxygens (including phenoxy) is 2. The summed E-state index contributed by atoms with van der Waals surface area (Å²) in [6.45, 7) is 0.853. The van der Waals surface area contributed by atoms with Crippen LogP contribution >= 0.6 is 0 Å². The van der Waals surface area contributed by atoms with E-state index in [1.54, 1.807) is 18.5 Å². The topological polar surface area (TPSA) is 36.3 Å². The molecule has 2 aromatic carbocycles. The van der Waals surface area contributed by atoms with Crippen LogP contribution < -0.4 is 0 Å². The normalized spacial score (nSPS) is 15.5. The fourth-order valence-corrected chi connectivity index (χ4v) is 3.85. The number of aromatic nitrogens is 2. The van der Waals surface area contributed by atoms with Crippen LogP contribution in [0.3, 0.4) is 0 Å². The molecule has 0 atom stereocenters. The first-order chi connectivity index (χ1) is 11.1. The van der Waals surface area contributed by atoms with Gasteiger partial charge in [0.25, 0.3) is 0 Å². The van der Waals surface area contributed by atoms with E-state index in [9.17, 15) is 8.78 Å². The van der Waals surface area contributed by atoms with E-state index in [1.165, 1.54) is 12.1 Å². The molecule has 114 valence electrons. The van der Waals surface area contributed by atoms with Crippen molar-refractivity contribution in [3.8, 4) is 11.1 Å². The van der Waals surface area contributed by atoms with Crippen molar-refractivity contribution in [3.05, 3.63) is 53.9 Å². The van der Waals surface area contributed by atoms with E-state index < -0.39 is 17.9 Å². The molecule has 1 aliphatic heterocycles. The zero-order valence-electron chi connectivity index (χ0n) is 12.0. The van der Waals surface area contributed by atoms with E-state index in [0.29, 0.717) is 50.4 Å². The molecule has 0 bridgehead atoms. The van der Waals surface area contributed by atoms with Crippen molar-refractivity contribution >= 4 is 37.1 Å². The fraction of sp³-hybridized carbons (Fsp3) is 0.188. The molecule has 3 aromatic rings. The third-order valence-corrected chi connectivity index (χ3v) is 5.42. The average molecular weight is 506 g/mol. The van der Waals surface area contributed by atoms with E-state index in [2.05, 4.69) is 4.98 Å². The van der Waals surface area contributed by atoms with Crippen molar-refractivity contribution in [1.29, 1.82) is 0 Å². The maximum atomic E-state index is 14.5. The van der Waals surface area contributed by atoms with Gasteiger partial charge in [0.15, 0.2) is 0 Å². The Labute approximate surface area is 147 Å². The van der Waals surface area contributed by atoms with Crippen LogP contribution in [-0.2, 0) is 9.47 Å². The van der Waals surface area contributed by atoms with E-state index in [1.807, 2.05) is 8.44 Å². The second-order valence-corrected chi connectivity index (χ2v) is 7.45. The molecule has 0 radical (unpaired) electrons. The summed E-state index contributed by atoms with van der Waals surface area (Å²) in [6, 6.07) is 7.80. The van der Waals surface area contributed by atoms with Gasteiger partial charge < -0.3 is 0 Å². The Morgan fingerprint density at radius 3 is 2.48 bits per heavy atom. The van der Waals surface area contributed by atoms with Crippen LogP contribution in [-0.4, -0.2) is 46.6 Å². The van der Waals surface area contributed by atoms with Crippen molar-refractivity contribution < 1.29 is 18.3 Å². The second kappa shape index (κ2) is 5.91. The number of fused-ring (bicyclic) bond motifs is 1. The predicted octanol–water partition coefficient (Wildman–Crippen LogP) is 2.96. The van der Waals surface area contributed by atoms with Crippen LogP contribution in [0.15, 0.2) is 36.7 Å². The number of nitrogens with zero attached hydrogens (tertiary/aromatic N) is 2. The van der Waals surface area contributed by atoms with Crippen molar-refractivity contribution in [1.82, 2.24) is 7.36 Å². The van der Waals surface area contributed by atoms with Crippen LogP contribution in [0, 0.1) is 11.6 Å². The summed E-state index contributed by atoms with van der Waals surface area (Å²) in [4.78, 5) is 4.26. The zero-order chi connectivity index (χ0) is 16.0. The Morgan fingerprint density at radius 2 is 1.78 bits per heavy atom. The van der Waals surface area contributed by atoms with E-state index >= 15 is 0 Å². The van der Waals surface area contributed by atoms with Crippen LogP contribution in [0.25, 0.3) is 22.2 Å². The van der Waals surface area contributed by atoms with E-state index in [0.717, 1.165) is 11.0 Å². The molecule has 1 fully saturated rings. The van der Waals surface area contributed by atoms with Crippen LogP contribution in [0.1, 0.15) is 11.9 Å². The summed E-state index contributed by atoms with van der Waals surface area (Å²) in [5.41, 5.74) is 2.47. The van der Waals surface area contributed by atoms with Crippen molar-refractivity contribution in [2.24, 2.45) is 0 Å². The molecule has 1 aromatic heterocycles. The van der Waals surface area contributed by atoms with Crippen molar-refractivity contribution in [2.45, 2.75) is 6.29 Å².